The van der Waals surface area contributed by atoms with E-state index in [1.54, 1.807) is 37.3 Å². The molecule has 0 amide bonds. The van der Waals surface area contributed by atoms with Crippen molar-refractivity contribution in [3.05, 3.63) is 53.4 Å². The van der Waals surface area contributed by atoms with Crippen molar-refractivity contribution in [3.63, 3.8) is 0 Å². The van der Waals surface area contributed by atoms with E-state index in [1.807, 2.05) is 0 Å². The zero-order chi connectivity index (χ0) is 17.7. The number of carbonyl (C=O) groups excluding carboxylic acids is 1. The van der Waals surface area contributed by atoms with Crippen molar-refractivity contribution in [2.45, 2.75) is 6.92 Å². The molecular weight excluding hydrogens is 310 g/mol. The van der Waals surface area contributed by atoms with Crippen molar-refractivity contribution in [1.29, 1.82) is 0 Å². The smallest absolute Gasteiger partial charge is 0.343 e. The van der Waals surface area contributed by atoms with E-state index in [2.05, 4.69) is 16.3 Å². The molecule has 24 heavy (non-hydrogen) atoms. The minimum Gasteiger partial charge on any atom is -0.505 e. The van der Waals surface area contributed by atoms with Crippen molar-refractivity contribution in [3.8, 4) is 11.5 Å². The number of aliphatic hydroxyl groups is 1. The minimum absolute atomic E-state index is 0.0710. The fraction of sp³-hybridized carbons (Fsp3) is 0.222. The average molecular weight is 329 g/mol. The summed E-state index contributed by atoms with van der Waals surface area (Å²) in [6, 6.07) is 5.30. The minimum atomic E-state index is -0.622. The lowest BCUT2D eigenvalue weighted by molar-refractivity contribution is -0.135. The van der Waals surface area contributed by atoms with Crippen molar-refractivity contribution in [2.24, 2.45) is 4.99 Å². The van der Waals surface area contributed by atoms with E-state index in [1.165, 1.54) is 14.2 Å². The van der Waals surface area contributed by atoms with Gasteiger partial charge in [0.25, 0.3) is 0 Å². The number of methoxy groups -OCH3 is 2. The molecule has 6 heteroatoms. The summed E-state index contributed by atoms with van der Waals surface area (Å²) in [7, 11) is 2.79. The summed E-state index contributed by atoms with van der Waals surface area (Å²) in [6.45, 7) is 5.60. The molecule has 0 aliphatic carbocycles. The van der Waals surface area contributed by atoms with Gasteiger partial charge in [-0.15, -0.1) is 0 Å². The van der Waals surface area contributed by atoms with Crippen LogP contribution in [0.2, 0.25) is 0 Å². The van der Waals surface area contributed by atoms with Gasteiger partial charge in [0.2, 0.25) is 0 Å². The summed E-state index contributed by atoms with van der Waals surface area (Å²) in [5.41, 5.74) is 1.50. The normalized spacial score (nSPS) is 15.3. The number of nitrogens with zero attached hydrogens (tertiary/aromatic N) is 1. The highest BCUT2D eigenvalue weighted by molar-refractivity contribution is 6.21. The Morgan fingerprint density at radius 3 is 2.71 bits per heavy atom. The number of hydrogen-bond donors (Lipinski definition) is 1. The molecular formula is C18H19NO5. The van der Waals surface area contributed by atoms with Crippen LogP contribution in [0.25, 0.3) is 6.08 Å². The van der Waals surface area contributed by atoms with E-state index in [4.69, 9.17) is 9.47 Å². The second-order valence-electron chi connectivity index (χ2n) is 4.95. The monoisotopic (exact) mass is 329 g/mol. The summed E-state index contributed by atoms with van der Waals surface area (Å²) in [4.78, 5) is 15.9. The summed E-state index contributed by atoms with van der Waals surface area (Å²) < 4.78 is 15.4. The van der Waals surface area contributed by atoms with E-state index in [-0.39, 0.29) is 17.0 Å². The molecule has 1 aromatic rings. The molecule has 0 bridgehead atoms. The van der Waals surface area contributed by atoms with E-state index >= 15 is 0 Å². The highest BCUT2D eigenvalue weighted by atomic mass is 16.5. The van der Waals surface area contributed by atoms with Crippen LogP contribution in [0.4, 0.5) is 0 Å². The summed E-state index contributed by atoms with van der Waals surface area (Å²) >= 11 is 0. The van der Waals surface area contributed by atoms with Gasteiger partial charge in [0.05, 0.1) is 19.9 Å². The third-order valence-electron chi connectivity index (χ3n) is 3.37. The molecule has 0 unspecified atom stereocenters. The Kier molecular flexibility index (Phi) is 5.42. The lowest BCUT2D eigenvalue weighted by atomic mass is 10.1. The topological polar surface area (TPSA) is 77.4 Å². The maximum Gasteiger partial charge on any atom is 0.343 e. The maximum absolute atomic E-state index is 11.7. The molecule has 1 N–H and O–H groups in total. The van der Waals surface area contributed by atoms with Gasteiger partial charge in [0.1, 0.15) is 17.9 Å². The number of ether oxygens (including phenoxy) is 3. The third-order valence-corrected chi connectivity index (χ3v) is 3.37. The Balaban J connectivity index is 2.37. The molecule has 1 heterocycles. The van der Waals surface area contributed by atoms with Crippen LogP contribution in [0.3, 0.4) is 0 Å². The number of carbonyl (C=O) groups is 1. The van der Waals surface area contributed by atoms with Gasteiger partial charge in [-0.2, -0.15) is 0 Å². The molecule has 6 nitrogen and oxygen atoms in total. The van der Waals surface area contributed by atoms with Gasteiger partial charge >= 0.3 is 5.97 Å². The molecule has 126 valence electrons. The highest BCUT2D eigenvalue weighted by Crippen LogP contribution is 2.31. The first-order valence-corrected chi connectivity index (χ1v) is 7.22. The first-order chi connectivity index (χ1) is 11.5. The van der Waals surface area contributed by atoms with Crippen molar-refractivity contribution >= 4 is 17.8 Å². The number of aliphatic imine (C=N–C) groups is 1. The fourth-order valence-corrected chi connectivity index (χ4v) is 2.24. The molecule has 0 fully saturated rings. The standard InChI is InChI=1S/C18H19NO5/c1-5-8-24-14-7-6-12(10-15(14)22-3)9-13-17(20)16(11(2)19-13)18(21)23-4/h5-7,9-10,20H,1,8H2,2-4H3/b13-9+. The molecule has 0 saturated heterocycles. The second kappa shape index (κ2) is 7.50. The van der Waals surface area contributed by atoms with Crippen LogP contribution in [-0.4, -0.2) is 37.6 Å². The Labute approximate surface area is 140 Å². The molecule has 0 aromatic heterocycles. The Morgan fingerprint density at radius 1 is 1.33 bits per heavy atom. The van der Waals surface area contributed by atoms with Crippen LogP contribution in [0.5, 0.6) is 11.5 Å². The lowest BCUT2D eigenvalue weighted by Crippen LogP contribution is -2.11. The number of benzene rings is 1. The van der Waals surface area contributed by atoms with Crippen LogP contribution in [0.15, 0.2) is 52.9 Å². The quantitative estimate of drug-likeness (QED) is 0.641. The van der Waals surface area contributed by atoms with Gasteiger partial charge in [-0.3, -0.25) is 0 Å². The van der Waals surface area contributed by atoms with E-state index < -0.39 is 5.97 Å². The third kappa shape index (κ3) is 3.48. The highest BCUT2D eigenvalue weighted by Gasteiger charge is 2.27. The van der Waals surface area contributed by atoms with Crippen molar-refractivity contribution < 1.29 is 24.1 Å². The first kappa shape index (κ1) is 17.3. The van der Waals surface area contributed by atoms with Crippen molar-refractivity contribution in [2.75, 3.05) is 20.8 Å². The van der Waals surface area contributed by atoms with E-state index in [9.17, 15) is 9.90 Å². The molecule has 0 spiro atoms. The molecule has 2 rings (SSSR count). The van der Waals surface area contributed by atoms with Crippen LogP contribution >= 0.6 is 0 Å². The zero-order valence-corrected chi connectivity index (χ0v) is 13.8. The summed E-state index contributed by atoms with van der Waals surface area (Å²) in [6.07, 6.45) is 3.29. The Bertz CT molecular complexity index is 759. The van der Waals surface area contributed by atoms with Crippen LogP contribution in [0.1, 0.15) is 12.5 Å². The SMILES string of the molecule is C=CCOc1ccc(/C=C2/N=C(C)C(C(=O)OC)=C2O)cc1OC. The van der Waals surface area contributed by atoms with Gasteiger partial charge in [-0.25, -0.2) is 9.79 Å². The maximum atomic E-state index is 11.7. The number of esters is 1. The number of rotatable bonds is 6. The van der Waals surface area contributed by atoms with Crippen molar-refractivity contribution in [1.82, 2.24) is 0 Å². The summed E-state index contributed by atoms with van der Waals surface area (Å²) in [5.74, 6) is 0.301. The lowest BCUT2D eigenvalue weighted by Gasteiger charge is -2.10. The molecule has 1 aromatic carbocycles. The first-order valence-electron chi connectivity index (χ1n) is 7.22. The predicted molar refractivity (Wildman–Crippen MR) is 91.4 cm³/mol. The van der Waals surface area contributed by atoms with E-state index in [0.29, 0.717) is 23.8 Å². The Hall–Kier alpha value is -3.02. The van der Waals surface area contributed by atoms with Crippen LogP contribution in [0, 0.1) is 0 Å². The molecule has 0 atom stereocenters. The van der Waals surface area contributed by atoms with Crippen LogP contribution in [-0.2, 0) is 9.53 Å². The van der Waals surface area contributed by atoms with Gasteiger partial charge in [-0.05, 0) is 30.7 Å². The average Bonchev–Trinajstić information content (AvgIpc) is 2.86. The van der Waals surface area contributed by atoms with Gasteiger partial charge in [0.15, 0.2) is 17.3 Å². The van der Waals surface area contributed by atoms with Crippen LogP contribution < -0.4 is 9.47 Å². The van der Waals surface area contributed by atoms with E-state index in [0.717, 1.165) is 5.56 Å². The molecule has 0 saturated carbocycles. The van der Waals surface area contributed by atoms with Gasteiger partial charge in [0, 0.05) is 0 Å². The largest absolute Gasteiger partial charge is 0.505 e. The molecule has 1 aliphatic heterocycles. The summed E-state index contributed by atoms with van der Waals surface area (Å²) in [5, 5.41) is 10.2. The number of hydrogen-bond acceptors (Lipinski definition) is 6. The van der Waals surface area contributed by atoms with Gasteiger partial charge < -0.3 is 19.3 Å². The van der Waals surface area contributed by atoms with Gasteiger partial charge in [-0.1, -0.05) is 18.7 Å². The fourth-order valence-electron chi connectivity index (χ4n) is 2.24. The second-order valence-corrected chi connectivity index (χ2v) is 4.95. The Morgan fingerprint density at radius 2 is 2.08 bits per heavy atom. The number of aliphatic hydroxyl groups excluding tert-OH is 1. The predicted octanol–water partition coefficient (Wildman–Crippen LogP) is 3.06. The zero-order valence-electron chi connectivity index (χ0n) is 13.8. The molecule has 0 radical (unpaired) electrons. The molecule has 1 aliphatic rings.